The van der Waals surface area contributed by atoms with Gasteiger partial charge in [0.1, 0.15) is 0 Å². The molecule has 2 saturated heterocycles. The normalized spacial score (nSPS) is 22.7. The highest BCUT2D eigenvalue weighted by molar-refractivity contribution is 5.55. The van der Waals surface area contributed by atoms with E-state index in [1.807, 2.05) is 12.1 Å². The van der Waals surface area contributed by atoms with E-state index in [0.717, 1.165) is 45.6 Å². The molecular formula is C16H21N3O. The number of morpholine rings is 1. The average Bonchev–Trinajstić information content (AvgIpc) is 2.48. The third-order valence-electron chi connectivity index (χ3n) is 4.46. The predicted molar refractivity (Wildman–Crippen MR) is 80.3 cm³/mol. The number of likely N-dealkylation sites (N-methyl/N-ethyl adjacent to an activating group) is 1. The molecule has 0 aliphatic carbocycles. The van der Waals surface area contributed by atoms with Crippen molar-refractivity contribution in [2.24, 2.45) is 0 Å². The summed E-state index contributed by atoms with van der Waals surface area (Å²) in [5, 5.41) is 0. The Hall–Kier alpha value is -1.57. The summed E-state index contributed by atoms with van der Waals surface area (Å²) in [4.78, 5) is 8.22. The molecule has 4 nitrogen and oxygen atoms in total. The van der Waals surface area contributed by atoms with E-state index in [-0.39, 0.29) is 5.60 Å². The van der Waals surface area contributed by atoms with Crippen molar-refractivity contribution in [1.29, 1.82) is 0 Å². The van der Waals surface area contributed by atoms with Crippen molar-refractivity contribution < 1.29 is 4.74 Å². The molecule has 0 atom stereocenters. The fraction of sp³-hybridized carbons (Fsp3) is 0.562. The molecule has 106 valence electrons. The van der Waals surface area contributed by atoms with Crippen LogP contribution in [-0.2, 0) is 4.74 Å². The Balaban J connectivity index is 1.64. The molecule has 0 aromatic heterocycles. The smallest absolute Gasteiger partial charge is 0.187 e. The van der Waals surface area contributed by atoms with Crippen molar-refractivity contribution in [1.82, 2.24) is 4.90 Å². The van der Waals surface area contributed by atoms with E-state index >= 15 is 0 Å². The van der Waals surface area contributed by atoms with Crippen LogP contribution in [0.5, 0.6) is 0 Å². The van der Waals surface area contributed by atoms with Crippen molar-refractivity contribution in [3.8, 4) is 0 Å². The van der Waals surface area contributed by atoms with E-state index in [9.17, 15) is 0 Å². The van der Waals surface area contributed by atoms with Gasteiger partial charge in [-0.25, -0.2) is 4.85 Å². The summed E-state index contributed by atoms with van der Waals surface area (Å²) < 4.78 is 6.09. The lowest BCUT2D eigenvalue weighted by Crippen LogP contribution is -2.56. The average molecular weight is 271 g/mol. The maximum Gasteiger partial charge on any atom is 0.187 e. The van der Waals surface area contributed by atoms with Crippen molar-refractivity contribution in [2.45, 2.75) is 18.4 Å². The van der Waals surface area contributed by atoms with Crippen LogP contribution in [0.4, 0.5) is 11.4 Å². The first-order valence-corrected chi connectivity index (χ1v) is 7.26. The number of nitrogens with zero attached hydrogens (tertiary/aromatic N) is 3. The highest BCUT2D eigenvalue weighted by Crippen LogP contribution is 2.32. The Bertz CT molecular complexity index is 497. The van der Waals surface area contributed by atoms with Gasteiger partial charge in [0.25, 0.3) is 0 Å². The van der Waals surface area contributed by atoms with Crippen LogP contribution in [0.3, 0.4) is 0 Å². The number of ether oxygens (including phenoxy) is 1. The number of anilines is 1. The monoisotopic (exact) mass is 271 g/mol. The summed E-state index contributed by atoms with van der Waals surface area (Å²) in [6.07, 6.45) is 2.17. The summed E-state index contributed by atoms with van der Waals surface area (Å²) in [6.45, 7) is 12.0. The van der Waals surface area contributed by atoms with Crippen molar-refractivity contribution in [2.75, 3.05) is 44.7 Å². The summed E-state index contributed by atoms with van der Waals surface area (Å²) in [5.41, 5.74) is 2.00. The quantitative estimate of drug-likeness (QED) is 0.732. The molecule has 0 N–H and O–H groups in total. The molecule has 1 aromatic rings. The Morgan fingerprint density at radius 2 is 1.85 bits per heavy atom. The minimum Gasteiger partial charge on any atom is -0.372 e. The highest BCUT2D eigenvalue weighted by atomic mass is 16.5. The molecule has 0 saturated carbocycles. The van der Waals surface area contributed by atoms with E-state index in [1.165, 1.54) is 5.69 Å². The van der Waals surface area contributed by atoms with Crippen LogP contribution in [0.2, 0.25) is 0 Å². The SMILES string of the molecule is [C-]#[N+]c1ccc(N2CCC3(CC2)CN(C)CCO3)cc1. The number of hydrogen-bond acceptors (Lipinski definition) is 3. The Morgan fingerprint density at radius 1 is 1.15 bits per heavy atom. The topological polar surface area (TPSA) is 20.1 Å². The molecule has 0 radical (unpaired) electrons. The van der Waals surface area contributed by atoms with Crippen molar-refractivity contribution in [3.05, 3.63) is 35.7 Å². The Labute approximate surface area is 120 Å². The van der Waals surface area contributed by atoms with Gasteiger partial charge in [0.15, 0.2) is 5.69 Å². The first-order valence-electron chi connectivity index (χ1n) is 7.26. The number of piperidine rings is 1. The van der Waals surface area contributed by atoms with E-state index in [4.69, 9.17) is 11.3 Å². The molecule has 2 aliphatic heterocycles. The fourth-order valence-electron chi connectivity index (χ4n) is 3.25. The summed E-state index contributed by atoms with van der Waals surface area (Å²) in [7, 11) is 2.18. The van der Waals surface area contributed by atoms with E-state index in [1.54, 1.807) is 0 Å². The van der Waals surface area contributed by atoms with Gasteiger partial charge in [-0.3, -0.25) is 0 Å². The zero-order valence-corrected chi connectivity index (χ0v) is 12.0. The molecule has 2 fully saturated rings. The number of rotatable bonds is 1. The van der Waals surface area contributed by atoms with Crippen LogP contribution in [0.15, 0.2) is 24.3 Å². The summed E-state index contributed by atoms with van der Waals surface area (Å²) >= 11 is 0. The maximum atomic E-state index is 7.00. The summed E-state index contributed by atoms with van der Waals surface area (Å²) in [5.74, 6) is 0. The standard InChI is InChI=1S/C16H21N3O/c1-17-14-3-5-15(6-4-14)19-9-7-16(8-10-19)13-18(2)11-12-20-16/h3-6H,7-13H2,2H3. The lowest BCUT2D eigenvalue weighted by Gasteiger charge is -2.47. The molecular weight excluding hydrogens is 250 g/mol. The van der Waals surface area contributed by atoms with Crippen LogP contribution in [0.1, 0.15) is 12.8 Å². The molecule has 1 spiro atoms. The van der Waals surface area contributed by atoms with Gasteiger partial charge in [0.2, 0.25) is 0 Å². The number of hydrogen-bond donors (Lipinski definition) is 0. The van der Waals surface area contributed by atoms with Gasteiger partial charge in [0, 0.05) is 31.9 Å². The zero-order valence-electron chi connectivity index (χ0n) is 12.0. The third-order valence-corrected chi connectivity index (χ3v) is 4.46. The molecule has 0 unspecified atom stereocenters. The molecule has 2 heterocycles. The van der Waals surface area contributed by atoms with Gasteiger partial charge in [0.05, 0.1) is 18.8 Å². The molecule has 1 aromatic carbocycles. The van der Waals surface area contributed by atoms with Gasteiger partial charge in [-0.1, -0.05) is 12.1 Å². The van der Waals surface area contributed by atoms with Crippen LogP contribution in [0, 0.1) is 6.57 Å². The molecule has 0 bridgehead atoms. The van der Waals surface area contributed by atoms with Gasteiger partial charge < -0.3 is 14.5 Å². The predicted octanol–water partition coefficient (Wildman–Crippen LogP) is 2.54. The fourth-order valence-corrected chi connectivity index (χ4v) is 3.25. The highest BCUT2D eigenvalue weighted by Gasteiger charge is 2.38. The first-order chi connectivity index (χ1) is 9.71. The minimum atomic E-state index is 0.0694. The second-order valence-electron chi connectivity index (χ2n) is 5.88. The molecule has 0 amide bonds. The summed E-state index contributed by atoms with van der Waals surface area (Å²) in [6, 6.07) is 7.91. The largest absolute Gasteiger partial charge is 0.372 e. The van der Waals surface area contributed by atoms with Crippen LogP contribution in [-0.4, -0.2) is 50.3 Å². The minimum absolute atomic E-state index is 0.0694. The van der Waals surface area contributed by atoms with E-state index < -0.39 is 0 Å². The number of benzene rings is 1. The lowest BCUT2D eigenvalue weighted by molar-refractivity contribution is -0.115. The van der Waals surface area contributed by atoms with E-state index in [2.05, 4.69) is 33.8 Å². The van der Waals surface area contributed by atoms with Crippen LogP contribution in [0.25, 0.3) is 4.85 Å². The molecule has 3 rings (SSSR count). The van der Waals surface area contributed by atoms with Gasteiger partial charge in [-0.05, 0) is 32.0 Å². The molecule has 2 aliphatic rings. The van der Waals surface area contributed by atoms with Gasteiger partial charge in [-0.15, -0.1) is 0 Å². The van der Waals surface area contributed by atoms with E-state index in [0.29, 0.717) is 5.69 Å². The van der Waals surface area contributed by atoms with Crippen LogP contribution >= 0.6 is 0 Å². The van der Waals surface area contributed by atoms with Crippen molar-refractivity contribution in [3.63, 3.8) is 0 Å². The van der Waals surface area contributed by atoms with Crippen molar-refractivity contribution >= 4 is 11.4 Å². The Morgan fingerprint density at radius 3 is 2.45 bits per heavy atom. The molecule has 4 heteroatoms. The molecule has 20 heavy (non-hydrogen) atoms. The Kier molecular flexibility index (Phi) is 3.64. The first kappa shape index (κ1) is 13.4. The second-order valence-corrected chi connectivity index (χ2v) is 5.88. The maximum absolute atomic E-state index is 7.00. The van der Waals surface area contributed by atoms with Crippen LogP contribution < -0.4 is 4.90 Å². The van der Waals surface area contributed by atoms with Gasteiger partial charge >= 0.3 is 0 Å². The zero-order chi connectivity index (χ0) is 14.0. The second kappa shape index (κ2) is 5.43. The lowest BCUT2D eigenvalue weighted by atomic mass is 9.89. The third kappa shape index (κ3) is 2.65. The van der Waals surface area contributed by atoms with Gasteiger partial charge in [-0.2, -0.15) is 0 Å².